The summed E-state index contributed by atoms with van der Waals surface area (Å²) < 4.78 is 5.92. The van der Waals surface area contributed by atoms with Gasteiger partial charge in [-0.3, -0.25) is 4.79 Å². The average molecular weight is 288 g/mol. The highest BCUT2D eigenvalue weighted by Gasteiger charge is 2.33. The fourth-order valence-corrected chi connectivity index (χ4v) is 1.67. The minimum Gasteiger partial charge on any atom is -0.474 e. The van der Waals surface area contributed by atoms with E-state index in [1.54, 1.807) is 12.1 Å². The number of anilines is 1. The van der Waals surface area contributed by atoms with E-state index in [1.807, 2.05) is 0 Å². The molecule has 0 aliphatic carbocycles. The van der Waals surface area contributed by atoms with E-state index in [9.17, 15) is 9.90 Å². The number of nitrogens with two attached hydrogens (primary N) is 1. The van der Waals surface area contributed by atoms with E-state index in [0.29, 0.717) is 16.2 Å². The largest absolute Gasteiger partial charge is 0.474 e. The Morgan fingerprint density at radius 1 is 1.69 bits per heavy atom. The number of aromatic nitrogens is 1. The Bertz CT molecular complexity index is 426. The van der Waals surface area contributed by atoms with Gasteiger partial charge in [0.1, 0.15) is 10.7 Å². The number of nitrogens with one attached hydrogen (secondary N) is 1. The number of nitrogens with zero attached hydrogens (tertiary/aromatic N) is 1. The lowest BCUT2D eigenvalue weighted by Gasteiger charge is -2.27. The Labute approximate surface area is 99.9 Å². The average Bonchev–Trinajstić information content (AvgIpc) is 2.27. The number of pyridine rings is 1. The van der Waals surface area contributed by atoms with Gasteiger partial charge in [-0.25, -0.2) is 4.98 Å². The fourth-order valence-electron chi connectivity index (χ4n) is 1.36. The number of amides is 1. The van der Waals surface area contributed by atoms with Gasteiger partial charge in [-0.1, -0.05) is 0 Å². The maximum atomic E-state index is 11.6. The van der Waals surface area contributed by atoms with Crippen LogP contribution in [0.1, 0.15) is 0 Å². The third kappa shape index (κ3) is 2.01. The summed E-state index contributed by atoms with van der Waals surface area (Å²) >= 11 is 3.18. The lowest BCUT2D eigenvalue weighted by Crippen LogP contribution is -2.48. The van der Waals surface area contributed by atoms with Crippen LogP contribution in [0, 0.1) is 0 Å². The number of carbonyl (C=O) groups is 1. The number of aliphatic hydroxyl groups is 1. The zero-order chi connectivity index (χ0) is 11.7. The fraction of sp³-hybridized carbons (Fsp3) is 0.333. The second-order valence-electron chi connectivity index (χ2n) is 3.31. The smallest absolute Gasteiger partial charge is 0.269 e. The van der Waals surface area contributed by atoms with Crippen LogP contribution >= 0.6 is 15.9 Å². The monoisotopic (exact) mass is 287 g/mol. The molecule has 0 radical (unpaired) electrons. The van der Waals surface area contributed by atoms with Gasteiger partial charge in [-0.05, 0) is 28.1 Å². The molecule has 86 valence electrons. The first-order chi connectivity index (χ1) is 7.61. The maximum absolute atomic E-state index is 11.6. The van der Waals surface area contributed by atoms with Crippen molar-refractivity contribution in [2.75, 3.05) is 11.9 Å². The zero-order valence-corrected chi connectivity index (χ0v) is 9.77. The molecule has 2 rings (SSSR count). The third-order valence-corrected chi connectivity index (χ3v) is 2.61. The molecule has 0 saturated heterocycles. The highest BCUT2D eigenvalue weighted by molar-refractivity contribution is 9.10. The number of aliphatic hydroxyl groups excluding tert-OH is 1. The van der Waals surface area contributed by atoms with Gasteiger partial charge >= 0.3 is 0 Å². The molecule has 6 nitrogen and oxygen atoms in total. The van der Waals surface area contributed by atoms with Crippen molar-refractivity contribution in [3.8, 4) is 5.75 Å². The van der Waals surface area contributed by atoms with E-state index in [-0.39, 0.29) is 6.54 Å². The van der Waals surface area contributed by atoms with Crippen LogP contribution in [0.5, 0.6) is 5.75 Å². The standard InChI is InChI=1S/C9H10BrN3O3/c10-6-2-1-5-8(12-6)13-9(15)7(16-5)4(14)3-11/h1-2,4,7,14H,3,11H2,(H,12,13,15). The highest BCUT2D eigenvalue weighted by Crippen LogP contribution is 2.29. The Hall–Kier alpha value is -1.18. The summed E-state index contributed by atoms with van der Waals surface area (Å²) in [7, 11) is 0. The van der Waals surface area contributed by atoms with E-state index in [2.05, 4.69) is 26.2 Å². The first-order valence-electron chi connectivity index (χ1n) is 4.64. The number of rotatable bonds is 2. The van der Waals surface area contributed by atoms with Crippen LogP contribution in [0.25, 0.3) is 0 Å². The molecule has 0 saturated carbocycles. The summed E-state index contributed by atoms with van der Waals surface area (Å²) in [5.41, 5.74) is 5.28. The topological polar surface area (TPSA) is 97.5 Å². The number of carbonyl (C=O) groups excluding carboxylic acids is 1. The van der Waals surface area contributed by atoms with Gasteiger partial charge in [0.05, 0.1) is 0 Å². The number of hydrogen-bond donors (Lipinski definition) is 3. The van der Waals surface area contributed by atoms with Crippen LogP contribution in [0.4, 0.5) is 5.82 Å². The van der Waals surface area contributed by atoms with E-state index in [1.165, 1.54) is 0 Å². The molecule has 16 heavy (non-hydrogen) atoms. The summed E-state index contributed by atoms with van der Waals surface area (Å²) in [6, 6.07) is 3.34. The quantitative estimate of drug-likeness (QED) is 0.658. The molecule has 2 atom stereocenters. The lowest BCUT2D eigenvalue weighted by atomic mass is 10.1. The van der Waals surface area contributed by atoms with E-state index >= 15 is 0 Å². The molecule has 1 aliphatic heterocycles. The molecular formula is C9H10BrN3O3. The van der Waals surface area contributed by atoms with Gasteiger partial charge in [0.25, 0.3) is 5.91 Å². The lowest BCUT2D eigenvalue weighted by molar-refractivity contribution is -0.128. The first kappa shape index (κ1) is 11.3. The molecule has 1 aliphatic rings. The summed E-state index contributed by atoms with van der Waals surface area (Å²) in [6.07, 6.45) is -2.02. The van der Waals surface area contributed by atoms with E-state index < -0.39 is 18.1 Å². The van der Waals surface area contributed by atoms with Gasteiger partial charge in [0.15, 0.2) is 11.6 Å². The summed E-state index contributed by atoms with van der Waals surface area (Å²) in [6.45, 7) is -0.0443. The van der Waals surface area contributed by atoms with Crippen molar-refractivity contribution in [2.24, 2.45) is 5.73 Å². The number of hydrogen-bond acceptors (Lipinski definition) is 5. The molecule has 0 spiro atoms. The minimum absolute atomic E-state index is 0.0443. The van der Waals surface area contributed by atoms with E-state index in [4.69, 9.17) is 10.5 Å². The van der Waals surface area contributed by atoms with Gasteiger partial charge in [-0.2, -0.15) is 0 Å². The van der Waals surface area contributed by atoms with Crippen molar-refractivity contribution in [3.05, 3.63) is 16.7 Å². The molecule has 7 heteroatoms. The summed E-state index contributed by atoms with van der Waals surface area (Å²) in [4.78, 5) is 15.6. The predicted molar refractivity (Wildman–Crippen MR) is 60.0 cm³/mol. The molecular weight excluding hydrogens is 278 g/mol. The Morgan fingerprint density at radius 3 is 3.12 bits per heavy atom. The second-order valence-corrected chi connectivity index (χ2v) is 4.12. The Balaban J connectivity index is 2.28. The first-order valence-corrected chi connectivity index (χ1v) is 5.43. The molecule has 2 unspecified atom stereocenters. The van der Waals surface area contributed by atoms with Crippen molar-refractivity contribution < 1.29 is 14.6 Å². The minimum atomic E-state index is -1.03. The number of halogens is 1. The maximum Gasteiger partial charge on any atom is 0.269 e. The van der Waals surface area contributed by atoms with Crippen LogP contribution in [-0.2, 0) is 4.79 Å². The third-order valence-electron chi connectivity index (χ3n) is 2.17. The van der Waals surface area contributed by atoms with Crippen LogP contribution in [0.2, 0.25) is 0 Å². The Kier molecular flexibility index (Phi) is 3.08. The van der Waals surface area contributed by atoms with Crippen molar-refractivity contribution in [1.29, 1.82) is 0 Å². The molecule has 1 aromatic heterocycles. The summed E-state index contributed by atoms with van der Waals surface area (Å²) in [5, 5.41) is 12.0. The SMILES string of the molecule is NCC(O)C1Oc2ccc(Br)nc2NC1=O. The van der Waals surface area contributed by atoms with Crippen molar-refractivity contribution in [1.82, 2.24) is 4.98 Å². The van der Waals surface area contributed by atoms with Crippen molar-refractivity contribution in [3.63, 3.8) is 0 Å². The second kappa shape index (κ2) is 4.36. The van der Waals surface area contributed by atoms with Gasteiger partial charge in [-0.15, -0.1) is 0 Å². The molecule has 0 fully saturated rings. The Morgan fingerprint density at radius 2 is 2.44 bits per heavy atom. The molecule has 1 aromatic rings. The van der Waals surface area contributed by atoms with Crippen LogP contribution in [-0.4, -0.2) is 34.8 Å². The molecule has 0 bridgehead atoms. The molecule has 0 aromatic carbocycles. The van der Waals surface area contributed by atoms with Crippen LogP contribution < -0.4 is 15.8 Å². The normalized spacial score (nSPS) is 20.7. The van der Waals surface area contributed by atoms with Crippen molar-refractivity contribution in [2.45, 2.75) is 12.2 Å². The summed E-state index contributed by atoms with van der Waals surface area (Å²) in [5.74, 6) is 0.302. The predicted octanol–water partition coefficient (Wildman–Crippen LogP) is -0.137. The van der Waals surface area contributed by atoms with Crippen molar-refractivity contribution >= 4 is 27.7 Å². The van der Waals surface area contributed by atoms with Crippen LogP contribution in [0.15, 0.2) is 16.7 Å². The molecule has 2 heterocycles. The molecule has 1 amide bonds. The number of ether oxygens (including phenoxy) is 1. The van der Waals surface area contributed by atoms with E-state index in [0.717, 1.165) is 0 Å². The van der Waals surface area contributed by atoms with Gasteiger partial charge in [0.2, 0.25) is 6.10 Å². The van der Waals surface area contributed by atoms with Gasteiger partial charge < -0.3 is 20.9 Å². The molecule has 4 N–H and O–H groups in total. The van der Waals surface area contributed by atoms with Gasteiger partial charge in [0, 0.05) is 6.54 Å². The zero-order valence-electron chi connectivity index (χ0n) is 8.18. The number of fused-ring (bicyclic) bond motifs is 1. The highest BCUT2D eigenvalue weighted by atomic mass is 79.9. The van der Waals surface area contributed by atoms with Crippen LogP contribution in [0.3, 0.4) is 0 Å².